The average molecular weight is 494 g/mol. The molecule has 184 valence electrons. The van der Waals surface area contributed by atoms with Gasteiger partial charge in [-0.1, -0.05) is 56.3 Å². The van der Waals surface area contributed by atoms with Gasteiger partial charge in [-0.3, -0.25) is 9.59 Å². The van der Waals surface area contributed by atoms with Gasteiger partial charge in [-0.25, -0.2) is 12.7 Å². The van der Waals surface area contributed by atoms with E-state index in [2.05, 4.69) is 10.6 Å². The summed E-state index contributed by atoms with van der Waals surface area (Å²) in [4.78, 5) is 26.2. The van der Waals surface area contributed by atoms with Crippen LogP contribution < -0.4 is 10.6 Å². The summed E-state index contributed by atoms with van der Waals surface area (Å²) in [5, 5.41) is 7.20. The predicted molar refractivity (Wildman–Crippen MR) is 138 cm³/mol. The van der Waals surface area contributed by atoms with Crippen LogP contribution in [0, 0.1) is 12.8 Å². The van der Waals surface area contributed by atoms with Crippen molar-refractivity contribution in [2.24, 2.45) is 5.92 Å². The van der Waals surface area contributed by atoms with Gasteiger partial charge in [0.25, 0.3) is 15.9 Å². The number of aryl methyl sites for hydroxylation is 1. The number of nitrogens with zero attached hydrogens (tertiary/aromatic N) is 1. The average Bonchev–Trinajstić information content (AvgIpc) is 2.84. The van der Waals surface area contributed by atoms with Gasteiger partial charge in [-0.05, 0) is 50.1 Å². The zero-order chi connectivity index (χ0) is 25.2. The van der Waals surface area contributed by atoms with Crippen molar-refractivity contribution in [2.45, 2.75) is 44.6 Å². The van der Waals surface area contributed by atoms with Gasteiger partial charge in [0.2, 0.25) is 5.91 Å². The molecule has 0 spiro atoms. The predicted octanol–water partition coefficient (Wildman–Crippen LogP) is 4.33. The lowest BCUT2D eigenvalue weighted by Gasteiger charge is -2.35. The zero-order valence-corrected chi connectivity index (χ0v) is 21.1. The number of nitrogens with one attached hydrogen (secondary N) is 2. The van der Waals surface area contributed by atoms with Gasteiger partial charge in [-0.2, -0.15) is 0 Å². The Morgan fingerprint density at radius 2 is 1.69 bits per heavy atom. The Labute approximate surface area is 206 Å². The van der Waals surface area contributed by atoms with Crippen molar-refractivity contribution in [3.05, 3.63) is 71.8 Å². The van der Waals surface area contributed by atoms with Crippen LogP contribution in [0.1, 0.15) is 42.6 Å². The van der Waals surface area contributed by atoms with Crippen molar-refractivity contribution in [1.82, 2.24) is 9.62 Å². The van der Waals surface area contributed by atoms with E-state index >= 15 is 0 Å². The van der Waals surface area contributed by atoms with E-state index in [0.29, 0.717) is 35.0 Å². The van der Waals surface area contributed by atoms with Crippen LogP contribution in [-0.2, 0) is 14.8 Å². The van der Waals surface area contributed by atoms with Crippen LogP contribution in [0.3, 0.4) is 0 Å². The van der Waals surface area contributed by atoms with Crippen LogP contribution in [0.5, 0.6) is 0 Å². The van der Waals surface area contributed by atoms with Crippen LogP contribution in [0.4, 0.5) is 5.69 Å². The summed E-state index contributed by atoms with van der Waals surface area (Å²) in [7, 11) is -4.14. The lowest BCUT2D eigenvalue weighted by molar-refractivity contribution is -0.131. The third kappa shape index (κ3) is 4.94. The Hall–Kier alpha value is -3.23. The summed E-state index contributed by atoms with van der Waals surface area (Å²) >= 11 is 0. The number of carbonyl (C=O) groups excluding carboxylic acids is 2. The van der Waals surface area contributed by atoms with Crippen molar-refractivity contribution < 1.29 is 18.0 Å². The van der Waals surface area contributed by atoms with Gasteiger partial charge >= 0.3 is 0 Å². The van der Waals surface area contributed by atoms with Gasteiger partial charge < -0.3 is 10.6 Å². The van der Waals surface area contributed by atoms with E-state index in [0.717, 1.165) is 22.8 Å². The Kier molecular flexibility index (Phi) is 7.23. The lowest BCUT2D eigenvalue weighted by Crippen LogP contribution is -2.52. The van der Waals surface area contributed by atoms with E-state index in [-0.39, 0.29) is 10.8 Å². The number of carbonyl (C=O) groups is 2. The third-order valence-corrected chi connectivity index (χ3v) is 8.28. The summed E-state index contributed by atoms with van der Waals surface area (Å²) < 4.78 is 29.0. The molecule has 0 radical (unpaired) electrons. The lowest BCUT2D eigenvalue weighted by atomic mass is 10.1. The van der Waals surface area contributed by atoms with E-state index in [9.17, 15) is 18.0 Å². The Balaban J connectivity index is 1.78. The Morgan fingerprint density at radius 3 is 2.34 bits per heavy atom. The van der Waals surface area contributed by atoms with Crippen molar-refractivity contribution in [3.8, 4) is 0 Å². The van der Waals surface area contributed by atoms with Crippen molar-refractivity contribution in [2.75, 3.05) is 18.4 Å². The smallest absolute Gasteiger partial charge is 0.267 e. The highest BCUT2D eigenvalue weighted by molar-refractivity contribution is 7.90. The first kappa shape index (κ1) is 24.9. The van der Waals surface area contributed by atoms with Gasteiger partial charge in [0.1, 0.15) is 0 Å². The Morgan fingerprint density at radius 1 is 1.00 bits per heavy atom. The number of rotatable bonds is 6. The highest BCUT2D eigenvalue weighted by Gasteiger charge is 2.38. The minimum Gasteiger partial charge on any atom is -0.321 e. The molecule has 1 heterocycles. The van der Waals surface area contributed by atoms with Gasteiger partial charge in [0.05, 0.1) is 10.9 Å². The third-order valence-electron chi connectivity index (χ3n) is 6.37. The molecule has 1 unspecified atom stereocenters. The monoisotopic (exact) mass is 493 g/mol. The van der Waals surface area contributed by atoms with E-state index in [1.54, 1.807) is 56.3 Å². The first-order valence-corrected chi connectivity index (χ1v) is 13.3. The van der Waals surface area contributed by atoms with E-state index in [1.165, 1.54) is 6.07 Å². The van der Waals surface area contributed by atoms with Crippen molar-refractivity contribution >= 4 is 38.3 Å². The highest BCUT2D eigenvalue weighted by atomic mass is 32.2. The summed E-state index contributed by atoms with van der Waals surface area (Å²) in [5.41, 5.74) is 1.90. The van der Waals surface area contributed by atoms with Crippen molar-refractivity contribution in [1.29, 1.82) is 0 Å². The fraction of sp³-hybridized carbons (Fsp3) is 0.333. The minimum absolute atomic E-state index is 0.0570. The first-order valence-electron chi connectivity index (χ1n) is 11.9. The molecule has 3 aromatic rings. The van der Waals surface area contributed by atoms with Crippen LogP contribution in [0.25, 0.3) is 10.8 Å². The molecule has 0 aromatic heterocycles. The number of fused-ring (bicyclic) bond motifs is 1. The number of sulfonamides is 1. The largest absolute Gasteiger partial charge is 0.321 e. The molecule has 4 rings (SSSR count). The SMILES string of the molecule is Cc1ccccc1C(=O)Nc1ccc(S(=O)(=O)N(C(=O)C(C)C)C2CCCNC2)c2ccccc12. The van der Waals surface area contributed by atoms with Gasteiger partial charge in [0, 0.05) is 34.5 Å². The van der Waals surface area contributed by atoms with E-state index in [4.69, 9.17) is 0 Å². The standard InChI is InChI=1S/C27H31N3O4S/c1-18(2)27(32)30(20-10-8-16-28-17-20)35(33,34)25-15-14-24(22-12-6-7-13-23(22)25)29-26(31)21-11-5-4-9-19(21)3/h4-7,9,11-15,18,20,28H,8,10,16-17H2,1-3H3,(H,29,31). The maximum atomic E-state index is 14.0. The zero-order valence-electron chi connectivity index (χ0n) is 20.2. The molecule has 1 atom stereocenters. The first-order chi connectivity index (χ1) is 16.7. The number of piperidine rings is 1. The molecule has 1 aliphatic rings. The van der Waals surface area contributed by atoms with E-state index < -0.39 is 27.9 Å². The minimum atomic E-state index is -4.14. The topological polar surface area (TPSA) is 95.6 Å². The number of amides is 2. The van der Waals surface area contributed by atoms with Gasteiger partial charge in [0.15, 0.2) is 0 Å². The number of hydrogen-bond donors (Lipinski definition) is 2. The molecule has 1 aliphatic heterocycles. The van der Waals surface area contributed by atoms with Crippen LogP contribution in [0.2, 0.25) is 0 Å². The maximum absolute atomic E-state index is 14.0. The quantitative estimate of drug-likeness (QED) is 0.533. The van der Waals surface area contributed by atoms with Crippen LogP contribution >= 0.6 is 0 Å². The van der Waals surface area contributed by atoms with Crippen molar-refractivity contribution in [3.63, 3.8) is 0 Å². The number of anilines is 1. The summed E-state index contributed by atoms with van der Waals surface area (Å²) in [5.74, 6) is -1.15. The van der Waals surface area contributed by atoms with Crippen LogP contribution in [0.15, 0.2) is 65.6 Å². The molecular weight excluding hydrogens is 462 g/mol. The summed E-state index contributed by atoms with van der Waals surface area (Å²) in [6, 6.07) is 17.0. The second-order valence-electron chi connectivity index (χ2n) is 9.22. The van der Waals surface area contributed by atoms with Crippen LogP contribution in [-0.4, -0.2) is 43.7 Å². The molecular formula is C27H31N3O4S. The molecule has 0 bridgehead atoms. The molecule has 2 amide bonds. The fourth-order valence-electron chi connectivity index (χ4n) is 4.51. The maximum Gasteiger partial charge on any atom is 0.267 e. The summed E-state index contributed by atoms with van der Waals surface area (Å²) in [6.07, 6.45) is 1.42. The summed E-state index contributed by atoms with van der Waals surface area (Å²) in [6.45, 7) is 6.52. The van der Waals surface area contributed by atoms with Gasteiger partial charge in [-0.15, -0.1) is 0 Å². The molecule has 0 saturated carbocycles. The molecule has 8 heteroatoms. The van der Waals surface area contributed by atoms with E-state index in [1.807, 2.05) is 19.1 Å². The molecule has 1 saturated heterocycles. The fourth-order valence-corrected chi connectivity index (χ4v) is 6.44. The number of hydrogen-bond acceptors (Lipinski definition) is 5. The second kappa shape index (κ2) is 10.2. The number of benzene rings is 3. The normalized spacial score (nSPS) is 16.3. The molecule has 35 heavy (non-hydrogen) atoms. The second-order valence-corrected chi connectivity index (χ2v) is 11.0. The molecule has 0 aliphatic carbocycles. The highest BCUT2D eigenvalue weighted by Crippen LogP contribution is 2.33. The molecule has 3 aromatic carbocycles. The molecule has 7 nitrogen and oxygen atoms in total. The molecule has 1 fully saturated rings. The Bertz CT molecular complexity index is 1360. The molecule has 2 N–H and O–H groups in total.